The molecule has 0 bridgehead atoms. The number of carbonyl (C=O) groups excluding carboxylic acids is 1. The minimum Gasteiger partial charge on any atom is -0.405 e. The molecular formula is C26H34F3N7O4. The van der Waals surface area contributed by atoms with E-state index in [0.29, 0.717) is 12.5 Å². The lowest BCUT2D eigenvalue weighted by Gasteiger charge is -2.36. The molecule has 2 aromatic rings. The summed E-state index contributed by atoms with van der Waals surface area (Å²) in [6.07, 6.45) is 0.0526. The van der Waals surface area contributed by atoms with Crippen molar-refractivity contribution < 1.29 is 27.6 Å². The number of alkyl halides is 3. The lowest BCUT2D eigenvalue weighted by atomic mass is 9.82. The van der Waals surface area contributed by atoms with Crippen LogP contribution < -0.4 is 15.8 Å². The van der Waals surface area contributed by atoms with Crippen LogP contribution >= 0.6 is 0 Å². The van der Waals surface area contributed by atoms with E-state index in [4.69, 9.17) is 5.73 Å². The quantitative estimate of drug-likeness (QED) is 0.357. The number of anilines is 2. The van der Waals surface area contributed by atoms with Gasteiger partial charge in [0, 0.05) is 51.3 Å². The monoisotopic (exact) mass is 565 g/mol. The number of ether oxygens (including phenoxy) is 1. The standard InChI is InChI=1S/C26H34F3N7O4/c1-17(37)34-11-4-12-35(14-13-34)20-9-7-18(8-10-20)15-21-23(36(38)39)24(30)33-25(32-21)31-16-19-5-2-3-6-22(19)40-26(27,28)29/h2-3,5-6,18,20H,4,7-16H2,1H3,(H3,30,31,32,33)/t18-,20-. The predicted molar refractivity (Wildman–Crippen MR) is 141 cm³/mol. The molecule has 2 heterocycles. The molecule has 3 N–H and O–H groups in total. The molecule has 0 spiro atoms. The van der Waals surface area contributed by atoms with Crippen LogP contribution in [0.5, 0.6) is 5.75 Å². The Labute approximate surface area is 230 Å². The number of benzene rings is 1. The maximum atomic E-state index is 12.8. The number of nitrogens with zero attached hydrogens (tertiary/aromatic N) is 5. The van der Waals surface area contributed by atoms with E-state index in [2.05, 4.69) is 24.9 Å². The van der Waals surface area contributed by atoms with Gasteiger partial charge in [-0.25, -0.2) is 4.98 Å². The number of para-hydroxylation sites is 1. The fraction of sp³-hybridized carbons (Fsp3) is 0.577. The second-order valence-corrected chi connectivity index (χ2v) is 10.3. The normalized spacial score (nSPS) is 20.6. The molecule has 14 heteroatoms. The molecule has 1 aromatic carbocycles. The summed E-state index contributed by atoms with van der Waals surface area (Å²) in [4.78, 5) is 35.6. The highest BCUT2D eigenvalue weighted by Crippen LogP contribution is 2.34. The van der Waals surface area contributed by atoms with Crippen molar-refractivity contribution in [2.45, 2.75) is 64.4 Å². The van der Waals surface area contributed by atoms with Crippen molar-refractivity contribution in [2.24, 2.45) is 5.92 Å². The molecule has 1 amide bonds. The van der Waals surface area contributed by atoms with Gasteiger partial charge in [-0.3, -0.25) is 19.8 Å². The largest absolute Gasteiger partial charge is 0.573 e. The van der Waals surface area contributed by atoms with Gasteiger partial charge in [-0.15, -0.1) is 13.2 Å². The maximum absolute atomic E-state index is 12.8. The summed E-state index contributed by atoms with van der Waals surface area (Å²) < 4.78 is 42.4. The molecule has 1 saturated heterocycles. The molecular weight excluding hydrogens is 531 g/mol. The van der Waals surface area contributed by atoms with Crippen molar-refractivity contribution in [3.63, 3.8) is 0 Å². The summed E-state index contributed by atoms with van der Waals surface area (Å²) in [5.74, 6) is -0.408. The highest BCUT2D eigenvalue weighted by atomic mass is 19.4. The van der Waals surface area contributed by atoms with Crippen LogP contribution in [0.2, 0.25) is 0 Å². The fourth-order valence-electron chi connectivity index (χ4n) is 5.59. The number of aromatic nitrogens is 2. The third kappa shape index (κ3) is 7.71. The Kier molecular flexibility index (Phi) is 9.28. The predicted octanol–water partition coefficient (Wildman–Crippen LogP) is 4.13. The number of carbonyl (C=O) groups is 1. The SMILES string of the molecule is CC(=O)N1CCCN([C@H]2CC[C@H](Cc3nc(NCc4ccccc4OC(F)(F)F)nc(N)c3[N+](=O)[O-])CC2)CC1. The molecule has 1 aliphatic heterocycles. The molecule has 2 aliphatic rings. The summed E-state index contributed by atoms with van der Waals surface area (Å²) in [5.41, 5.74) is 6.01. The van der Waals surface area contributed by atoms with Gasteiger partial charge in [-0.05, 0) is 50.5 Å². The first-order valence-electron chi connectivity index (χ1n) is 13.4. The van der Waals surface area contributed by atoms with E-state index >= 15 is 0 Å². The van der Waals surface area contributed by atoms with Crippen molar-refractivity contribution in [2.75, 3.05) is 37.2 Å². The van der Waals surface area contributed by atoms with Gasteiger partial charge in [0.05, 0.1) is 4.92 Å². The van der Waals surface area contributed by atoms with Gasteiger partial charge in [0.15, 0.2) is 0 Å². The van der Waals surface area contributed by atoms with E-state index in [1.807, 2.05) is 4.90 Å². The van der Waals surface area contributed by atoms with Gasteiger partial charge < -0.3 is 20.7 Å². The number of nitrogens with one attached hydrogen (secondary N) is 1. The smallest absolute Gasteiger partial charge is 0.405 e. The average Bonchev–Trinajstić information content (AvgIpc) is 3.14. The van der Waals surface area contributed by atoms with Crippen LogP contribution in [0, 0.1) is 16.0 Å². The summed E-state index contributed by atoms with van der Waals surface area (Å²) in [6.45, 7) is 4.78. The number of nitrogen functional groups attached to an aromatic ring is 1. The molecule has 4 rings (SSSR count). The van der Waals surface area contributed by atoms with Crippen LogP contribution in [0.1, 0.15) is 50.3 Å². The van der Waals surface area contributed by atoms with E-state index in [1.54, 1.807) is 13.0 Å². The second-order valence-electron chi connectivity index (χ2n) is 10.3. The number of halogens is 3. The molecule has 2 fully saturated rings. The van der Waals surface area contributed by atoms with Gasteiger partial charge in [0.2, 0.25) is 17.7 Å². The number of nitro groups is 1. The van der Waals surface area contributed by atoms with Crippen LogP contribution in [-0.2, 0) is 17.8 Å². The van der Waals surface area contributed by atoms with Crippen LogP contribution in [0.4, 0.5) is 30.6 Å². The first-order chi connectivity index (χ1) is 19.0. The van der Waals surface area contributed by atoms with E-state index in [0.717, 1.165) is 58.3 Å². The van der Waals surface area contributed by atoms with Crippen LogP contribution in [0.15, 0.2) is 24.3 Å². The molecule has 0 atom stereocenters. The second kappa shape index (κ2) is 12.7. The topological polar surface area (TPSA) is 140 Å². The average molecular weight is 566 g/mol. The fourth-order valence-corrected chi connectivity index (χ4v) is 5.59. The van der Waals surface area contributed by atoms with E-state index in [9.17, 15) is 28.1 Å². The Morgan fingerprint density at radius 2 is 1.88 bits per heavy atom. The summed E-state index contributed by atoms with van der Waals surface area (Å²) in [6, 6.07) is 6.06. The first-order valence-corrected chi connectivity index (χ1v) is 13.4. The van der Waals surface area contributed by atoms with Crippen LogP contribution in [-0.4, -0.2) is 69.2 Å². The van der Waals surface area contributed by atoms with Gasteiger partial charge in [-0.1, -0.05) is 18.2 Å². The summed E-state index contributed by atoms with van der Waals surface area (Å²) >= 11 is 0. The summed E-state index contributed by atoms with van der Waals surface area (Å²) in [7, 11) is 0. The van der Waals surface area contributed by atoms with Gasteiger partial charge in [0.25, 0.3) is 0 Å². The third-order valence-corrected chi connectivity index (χ3v) is 7.59. The van der Waals surface area contributed by atoms with Crippen molar-refractivity contribution in [3.05, 3.63) is 45.6 Å². The molecule has 218 valence electrons. The highest BCUT2D eigenvalue weighted by molar-refractivity contribution is 5.73. The zero-order chi connectivity index (χ0) is 28.9. The minimum absolute atomic E-state index is 0.00631. The van der Waals surface area contributed by atoms with Gasteiger partial charge in [-0.2, -0.15) is 4.98 Å². The number of hydrogen-bond acceptors (Lipinski definition) is 9. The molecule has 40 heavy (non-hydrogen) atoms. The Morgan fingerprint density at radius 1 is 1.15 bits per heavy atom. The van der Waals surface area contributed by atoms with Crippen LogP contribution in [0.25, 0.3) is 0 Å². The van der Waals surface area contributed by atoms with Gasteiger partial charge >= 0.3 is 12.0 Å². The lowest BCUT2D eigenvalue weighted by molar-refractivity contribution is -0.385. The van der Waals surface area contributed by atoms with Crippen molar-refractivity contribution >= 4 is 23.4 Å². The third-order valence-electron chi connectivity index (χ3n) is 7.59. The van der Waals surface area contributed by atoms with E-state index in [1.165, 1.54) is 18.2 Å². The van der Waals surface area contributed by atoms with Crippen LogP contribution in [0.3, 0.4) is 0 Å². The number of rotatable bonds is 8. The van der Waals surface area contributed by atoms with E-state index < -0.39 is 11.3 Å². The molecule has 1 aromatic heterocycles. The highest BCUT2D eigenvalue weighted by Gasteiger charge is 2.33. The Balaban J connectivity index is 1.41. The minimum atomic E-state index is -4.85. The van der Waals surface area contributed by atoms with Gasteiger partial charge in [0.1, 0.15) is 11.4 Å². The van der Waals surface area contributed by atoms with Crippen molar-refractivity contribution in [1.29, 1.82) is 0 Å². The number of hydrogen-bond donors (Lipinski definition) is 2. The number of amides is 1. The molecule has 1 aliphatic carbocycles. The first kappa shape index (κ1) is 29.3. The Morgan fingerprint density at radius 3 is 2.55 bits per heavy atom. The molecule has 0 unspecified atom stereocenters. The molecule has 1 saturated carbocycles. The molecule has 0 radical (unpaired) electrons. The molecule has 11 nitrogen and oxygen atoms in total. The maximum Gasteiger partial charge on any atom is 0.573 e. The zero-order valence-electron chi connectivity index (χ0n) is 22.3. The van der Waals surface area contributed by atoms with E-state index in [-0.39, 0.29) is 52.8 Å². The summed E-state index contributed by atoms with van der Waals surface area (Å²) in [5, 5.41) is 14.6. The van der Waals surface area contributed by atoms with Crippen molar-refractivity contribution in [1.82, 2.24) is 19.8 Å². The Hall–Kier alpha value is -3.68. The lowest BCUT2D eigenvalue weighted by Crippen LogP contribution is -2.41. The number of nitrogens with two attached hydrogens (primary N) is 1. The Bertz CT molecular complexity index is 1210. The zero-order valence-corrected chi connectivity index (χ0v) is 22.3. The van der Waals surface area contributed by atoms with Crippen molar-refractivity contribution in [3.8, 4) is 5.75 Å².